The van der Waals surface area contributed by atoms with Crippen LogP contribution in [0.4, 0.5) is 0 Å². The van der Waals surface area contributed by atoms with Gasteiger partial charge in [-0.1, -0.05) is 0 Å². The van der Waals surface area contributed by atoms with E-state index < -0.39 is 6.04 Å². The number of carbonyl (C=O) groups excluding carboxylic acids is 1. The molecule has 5 heteroatoms. The van der Waals surface area contributed by atoms with Crippen LogP contribution in [-0.2, 0) is 4.79 Å². The molecule has 0 fully saturated rings. The van der Waals surface area contributed by atoms with E-state index in [4.69, 9.17) is 5.26 Å². The van der Waals surface area contributed by atoms with Crippen molar-refractivity contribution < 1.29 is 4.79 Å². The summed E-state index contributed by atoms with van der Waals surface area (Å²) in [7, 11) is 0. The van der Waals surface area contributed by atoms with Crippen LogP contribution >= 0.6 is 15.9 Å². The van der Waals surface area contributed by atoms with Crippen LogP contribution < -0.4 is 0 Å². The van der Waals surface area contributed by atoms with Gasteiger partial charge in [0.15, 0.2) is 6.04 Å². The van der Waals surface area contributed by atoms with E-state index in [1.165, 1.54) is 12.3 Å². The second-order valence-electron chi connectivity index (χ2n) is 2.19. The van der Waals surface area contributed by atoms with Crippen LogP contribution in [0.25, 0.3) is 0 Å². The number of pyridine rings is 1. The van der Waals surface area contributed by atoms with Gasteiger partial charge in [0.05, 0.1) is 6.07 Å². The van der Waals surface area contributed by atoms with Gasteiger partial charge in [0.25, 0.3) is 0 Å². The molecular weight excluding hydrogens is 234 g/mol. The van der Waals surface area contributed by atoms with Crippen LogP contribution in [-0.4, -0.2) is 11.1 Å². The van der Waals surface area contributed by atoms with Gasteiger partial charge in [0.1, 0.15) is 0 Å². The number of nitrogens with zero attached hydrogens (tertiary/aromatic N) is 3. The molecule has 0 aliphatic heterocycles. The van der Waals surface area contributed by atoms with Crippen molar-refractivity contribution in [3.05, 3.63) is 28.5 Å². The van der Waals surface area contributed by atoms with Gasteiger partial charge in [-0.3, -0.25) is 4.98 Å². The van der Waals surface area contributed by atoms with Crippen LogP contribution in [0.3, 0.4) is 0 Å². The summed E-state index contributed by atoms with van der Waals surface area (Å²) >= 11 is 3.20. The number of rotatable bonds is 2. The second-order valence-corrected chi connectivity index (χ2v) is 3.10. The van der Waals surface area contributed by atoms with E-state index in [0.29, 0.717) is 5.56 Å². The lowest BCUT2D eigenvalue weighted by molar-refractivity contribution is 0.561. The zero-order valence-electron chi connectivity index (χ0n) is 6.44. The molecule has 0 saturated carbocycles. The van der Waals surface area contributed by atoms with Gasteiger partial charge in [0, 0.05) is 22.4 Å². The maximum Gasteiger partial charge on any atom is 0.236 e. The topological polar surface area (TPSA) is 66.1 Å². The Morgan fingerprint density at radius 1 is 1.62 bits per heavy atom. The van der Waals surface area contributed by atoms with Crippen LogP contribution in [0.2, 0.25) is 0 Å². The summed E-state index contributed by atoms with van der Waals surface area (Å²) in [6.07, 6.45) is 4.42. The maximum absolute atomic E-state index is 9.96. The Labute approximate surface area is 83.1 Å². The summed E-state index contributed by atoms with van der Waals surface area (Å²) in [5.74, 6) is 0. The van der Waals surface area contributed by atoms with Crippen LogP contribution in [0.1, 0.15) is 11.6 Å². The molecule has 1 unspecified atom stereocenters. The molecule has 64 valence electrons. The predicted octanol–water partition coefficient (Wildman–Crippen LogP) is 1.74. The second kappa shape index (κ2) is 4.51. The first kappa shape index (κ1) is 9.59. The number of nitriles is 1. The van der Waals surface area contributed by atoms with Crippen molar-refractivity contribution in [3.63, 3.8) is 0 Å². The number of aromatic nitrogens is 1. The lowest BCUT2D eigenvalue weighted by Crippen LogP contribution is -1.92. The third kappa shape index (κ3) is 2.48. The van der Waals surface area contributed by atoms with Crippen molar-refractivity contribution in [1.82, 2.24) is 4.98 Å². The van der Waals surface area contributed by atoms with Gasteiger partial charge >= 0.3 is 0 Å². The largest absolute Gasteiger partial charge is 0.263 e. The smallest absolute Gasteiger partial charge is 0.236 e. The lowest BCUT2D eigenvalue weighted by Gasteiger charge is -2.00. The monoisotopic (exact) mass is 237 g/mol. The summed E-state index contributed by atoms with van der Waals surface area (Å²) in [5.41, 5.74) is 0.570. The highest BCUT2D eigenvalue weighted by Gasteiger charge is 2.08. The molecule has 0 aliphatic rings. The fourth-order valence-corrected chi connectivity index (χ4v) is 1.19. The highest BCUT2D eigenvalue weighted by Crippen LogP contribution is 2.18. The third-order valence-electron chi connectivity index (χ3n) is 1.35. The Balaban J connectivity index is 3.06. The normalized spacial score (nSPS) is 11.1. The first-order valence-electron chi connectivity index (χ1n) is 3.35. The summed E-state index contributed by atoms with van der Waals surface area (Å²) in [6.45, 7) is 0. The Morgan fingerprint density at radius 3 is 2.92 bits per heavy atom. The molecule has 1 atom stereocenters. The average molecular weight is 238 g/mol. The minimum absolute atomic E-state index is 0.570. The summed E-state index contributed by atoms with van der Waals surface area (Å²) in [4.78, 5) is 17.1. The van der Waals surface area contributed by atoms with Crippen molar-refractivity contribution in [2.24, 2.45) is 4.99 Å². The Bertz CT molecular complexity index is 393. The van der Waals surface area contributed by atoms with Gasteiger partial charge in [-0.15, -0.1) is 0 Å². The summed E-state index contributed by atoms with van der Waals surface area (Å²) in [6, 6.07) is 2.72. The highest BCUT2D eigenvalue weighted by atomic mass is 79.9. The molecule has 4 nitrogen and oxygen atoms in total. The zero-order valence-corrected chi connectivity index (χ0v) is 8.02. The number of hydrogen-bond donors (Lipinski definition) is 0. The van der Waals surface area contributed by atoms with E-state index in [2.05, 4.69) is 25.9 Å². The molecule has 0 N–H and O–H groups in total. The van der Waals surface area contributed by atoms with Crippen molar-refractivity contribution in [2.45, 2.75) is 6.04 Å². The van der Waals surface area contributed by atoms with Crippen molar-refractivity contribution >= 4 is 22.0 Å². The first-order chi connectivity index (χ1) is 6.27. The minimum atomic E-state index is -0.817. The van der Waals surface area contributed by atoms with E-state index in [0.717, 1.165) is 4.47 Å². The van der Waals surface area contributed by atoms with Gasteiger partial charge in [-0.2, -0.15) is 10.3 Å². The van der Waals surface area contributed by atoms with Crippen LogP contribution in [0.15, 0.2) is 27.9 Å². The number of halogens is 1. The van der Waals surface area contributed by atoms with E-state index in [1.54, 1.807) is 12.3 Å². The first-order valence-corrected chi connectivity index (χ1v) is 4.14. The van der Waals surface area contributed by atoms with E-state index in [1.807, 2.05) is 6.07 Å². The fourth-order valence-electron chi connectivity index (χ4n) is 0.808. The Hall–Kier alpha value is -1.50. The average Bonchev–Trinajstić information content (AvgIpc) is 2.14. The van der Waals surface area contributed by atoms with E-state index in [9.17, 15) is 4.79 Å². The SMILES string of the molecule is N#CC(N=C=O)c1cncc(Br)c1. The van der Waals surface area contributed by atoms with E-state index >= 15 is 0 Å². The lowest BCUT2D eigenvalue weighted by atomic mass is 10.1. The molecular formula is C8H4BrN3O. The molecule has 0 aromatic carbocycles. The minimum Gasteiger partial charge on any atom is -0.263 e. The summed E-state index contributed by atoms with van der Waals surface area (Å²) < 4.78 is 0.742. The van der Waals surface area contributed by atoms with Gasteiger partial charge in [-0.05, 0) is 22.0 Å². The van der Waals surface area contributed by atoms with Gasteiger partial charge < -0.3 is 0 Å². The number of aliphatic imine (C=N–C) groups is 1. The molecule has 0 radical (unpaired) electrons. The molecule has 0 aliphatic carbocycles. The number of hydrogen-bond acceptors (Lipinski definition) is 4. The number of isocyanates is 1. The van der Waals surface area contributed by atoms with Crippen LogP contribution in [0, 0.1) is 11.3 Å². The molecule has 0 amide bonds. The molecule has 1 heterocycles. The molecule has 0 bridgehead atoms. The Kier molecular flexibility index (Phi) is 3.32. The zero-order chi connectivity index (χ0) is 9.68. The maximum atomic E-state index is 9.96. The quantitative estimate of drug-likeness (QED) is 0.582. The summed E-state index contributed by atoms with van der Waals surface area (Å²) in [5, 5.41) is 8.64. The van der Waals surface area contributed by atoms with Gasteiger partial charge in [-0.25, -0.2) is 4.79 Å². The third-order valence-corrected chi connectivity index (χ3v) is 1.78. The molecule has 0 saturated heterocycles. The standard InChI is InChI=1S/C8H4BrN3O/c9-7-1-6(3-11-4-7)8(2-10)12-5-13/h1,3-4,8H. The van der Waals surface area contributed by atoms with Crippen molar-refractivity contribution in [1.29, 1.82) is 5.26 Å². The van der Waals surface area contributed by atoms with Gasteiger partial charge in [0.2, 0.25) is 6.08 Å². The molecule has 1 rings (SSSR count). The molecule has 1 aromatic rings. The van der Waals surface area contributed by atoms with E-state index in [-0.39, 0.29) is 0 Å². The molecule has 0 spiro atoms. The molecule has 13 heavy (non-hydrogen) atoms. The fraction of sp³-hybridized carbons (Fsp3) is 0.125. The van der Waals surface area contributed by atoms with Crippen LogP contribution in [0.5, 0.6) is 0 Å². The highest BCUT2D eigenvalue weighted by molar-refractivity contribution is 9.10. The van der Waals surface area contributed by atoms with Crippen molar-refractivity contribution in [2.75, 3.05) is 0 Å². The Morgan fingerprint density at radius 2 is 2.38 bits per heavy atom. The van der Waals surface area contributed by atoms with Crippen molar-refractivity contribution in [3.8, 4) is 6.07 Å². The molecule has 1 aromatic heterocycles. The predicted molar refractivity (Wildman–Crippen MR) is 48.4 cm³/mol.